The summed E-state index contributed by atoms with van der Waals surface area (Å²) in [5.74, 6) is 0.515. The number of aliphatic hydroxyl groups excluding tert-OH is 1. The Morgan fingerprint density at radius 2 is 1.91 bits per heavy atom. The average molecular weight is 696 g/mol. The smallest absolute Gasteiger partial charge is 0.252 e. The second-order valence-corrected chi connectivity index (χ2v) is 14.6. The molecule has 2 N–H and O–H groups in total. The third kappa shape index (κ3) is 7.10. The van der Waals surface area contributed by atoms with Gasteiger partial charge in [-0.1, -0.05) is 58.5 Å². The van der Waals surface area contributed by atoms with E-state index < -0.39 is 6.10 Å². The number of aryl methyl sites for hydroxylation is 1. The molecule has 3 aliphatic rings. The lowest BCUT2D eigenvalue weighted by Gasteiger charge is -2.40. The van der Waals surface area contributed by atoms with E-state index in [1.807, 2.05) is 23.2 Å². The molecule has 1 aliphatic carbocycles. The third-order valence-electron chi connectivity index (χ3n) is 8.59. The van der Waals surface area contributed by atoms with Crippen molar-refractivity contribution in [3.8, 4) is 5.75 Å². The van der Waals surface area contributed by atoms with Crippen LogP contribution in [0.15, 0.2) is 42.1 Å². The highest BCUT2D eigenvalue weighted by Gasteiger charge is 2.41. The molecule has 0 radical (unpaired) electrons. The minimum absolute atomic E-state index is 0.0368. The standard InChI is InChI=1S/C33H35Cl4N3O3S/c1-18(41)20-13-25(35)32(26(36)14-20)43-12-4-9-29-38-16-28(44-29)23-15-21-6-3-8-27(39-21)30(23)33(42)40(22-10-11-22)17-19-5-2-7-24(34)31(19)37/h2,5,7,13-14,16,18,21-22,27,39,41H,3-4,6,8-12,15,17H2,1H3/t18-,21+,27-/m0/s1. The Balaban J connectivity index is 1.19. The number of fused-ring (bicyclic) bond motifs is 2. The number of amides is 1. The van der Waals surface area contributed by atoms with Gasteiger partial charge in [-0.3, -0.25) is 4.79 Å². The maximum Gasteiger partial charge on any atom is 0.252 e. The van der Waals surface area contributed by atoms with Crippen molar-refractivity contribution < 1.29 is 14.6 Å². The average Bonchev–Trinajstić information content (AvgIpc) is 3.73. The number of aliphatic hydroxyl groups is 1. The van der Waals surface area contributed by atoms with E-state index in [4.69, 9.17) is 56.1 Å². The van der Waals surface area contributed by atoms with Crippen molar-refractivity contribution in [2.24, 2.45) is 0 Å². The number of nitrogens with one attached hydrogen (secondary N) is 1. The third-order valence-corrected chi connectivity index (χ3v) is 11.1. The molecule has 3 aromatic rings. The van der Waals surface area contributed by atoms with Crippen LogP contribution >= 0.6 is 57.7 Å². The SMILES string of the molecule is C[C@H](O)c1cc(Cl)c(OCCCc2ncc(C3=C(C(=O)N(Cc4cccc(Cl)c4Cl)C4CC4)[C@@H]4CCC[C@H](C3)N4)s2)c(Cl)c1. The number of carbonyl (C=O) groups excluding carboxylic acids is 1. The number of aromatic nitrogens is 1. The van der Waals surface area contributed by atoms with E-state index >= 15 is 0 Å². The molecule has 1 aromatic heterocycles. The number of benzene rings is 2. The fourth-order valence-electron chi connectivity index (χ4n) is 6.17. The first-order chi connectivity index (χ1) is 21.2. The first-order valence-electron chi connectivity index (χ1n) is 15.2. The van der Waals surface area contributed by atoms with Crippen molar-refractivity contribution >= 4 is 69.2 Å². The summed E-state index contributed by atoms with van der Waals surface area (Å²) in [5, 5.41) is 16.3. The molecule has 0 unspecified atom stereocenters. The van der Waals surface area contributed by atoms with Crippen LogP contribution in [-0.4, -0.2) is 45.6 Å². The number of halogens is 4. The van der Waals surface area contributed by atoms with E-state index in [-0.39, 0.29) is 18.0 Å². The quantitative estimate of drug-likeness (QED) is 0.197. The number of nitrogens with zero attached hydrogens (tertiary/aromatic N) is 2. The van der Waals surface area contributed by atoms with E-state index in [1.165, 1.54) is 0 Å². The fraction of sp³-hybridized carbons (Fsp3) is 0.455. The van der Waals surface area contributed by atoms with Gasteiger partial charge in [0.2, 0.25) is 0 Å². The van der Waals surface area contributed by atoms with E-state index in [0.717, 1.165) is 78.0 Å². The van der Waals surface area contributed by atoms with Crippen molar-refractivity contribution in [1.29, 1.82) is 0 Å². The largest absolute Gasteiger partial charge is 0.490 e. The lowest BCUT2D eigenvalue weighted by Crippen LogP contribution is -2.51. The summed E-state index contributed by atoms with van der Waals surface area (Å²) in [6.07, 6.45) is 8.71. The minimum atomic E-state index is -0.665. The van der Waals surface area contributed by atoms with Crippen LogP contribution in [0.2, 0.25) is 20.1 Å². The highest BCUT2D eigenvalue weighted by Crippen LogP contribution is 2.41. The lowest BCUT2D eigenvalue weighted by molar-refractivity contribution is -0.128. The summed E-state index contributed by atoms with van der Waals surface area (Å²) in [5.41, 5.74) is 3.53. The van der Waals surface area contributed by atoms with Crippen LogP contribution in [0.1, 0.15) is 79.0 Å². The van der Waals surface area contributed by atoms with Gasteiger partial charge in [0.05, 0.1) is 42.7 Å². The maximum absolute atomic E-state index is 14.4. The van der Waals surface area contributed by atoms with Crippen LogP contribution in [0.25, 0.3) is 5.57 Å². The predicted octanol–water partition coefficient (Wildman–Crippen LogP) is 8.68. The second kappa shape index (κ2) is 13.9. The zero-order valence-electron chi connectivity index (χ0n) is 24.4. The number of carbonyl (C=O) groups is 1. The predicted molar refractivity (Wildman–Crippen MR) is 179 cm³/mol. The minimum Gasteiger partial charge on any atom is -0.490 e. The number of rotatable bonds is 11. The van der Waals surface area contributed by atoms with Crippen LogP contribution in [0.5, 0.6) is 5.75 Å². The molecule has 11 heteroatoms. The van der Waals surface area contributed by atoms with Crippen LogP contribution in [0, 0.1) is 0 Å². The molecule has 1 saturated carbocycles. The second-order valence-electron chi connectivity index (χ2n) is 11.9. The molecule has 44 heavy (non-hydrogen) atoms. The van der Waals surface area contributed by atoms with Crippen molar-refractivity contribution in [3.63, 3.8) is 0 Å². The van der Waals surface area contributed by atoms with E-state index in [9.17, 15) is 9.90 Å². The van der Waals surface area contributed by atoms with Gasteiger partial charge in [-0.05, 0) is 86.8 Å². The normalized spacial score (nSPS) is 20.5. The topological polar surface area (TPSA) is 74.7 Å². The number of thiazole rings is 1. The molecule has 2 bridgehead atoms. The molecule has 6 rings (SSSR count). The molecule has 6 nitrogen and oxygen atoms in total. The van der Waals surface area contributed by atoms with E-state index in [2.05, 4.69) is 5.32 Å². The van der Waals surface area contributed by atoms with Crippen molar-refractivity contribution in [3.05, 3.63) is 83.2 Å². The molecular weight excluding hydrogens is 660 g/mol. The van der Waals surface area contributed by atoms with Gasteiger partial charge in [0.25, 0.3) is 5.91 Å². The molecule has 2 aliphatic heterocycles. The Bertz CT molecular complexity index is 1550. The Labute approximate surface area is 282 Å². The number of piperidine rings is 1. The Morgan fingerprint density at radius 1 is 1.14 bits per heavy atom. The summed E-state index contributed by atoms with van der Waals surface area (Å²) < 4.78 is 5.91. The van der Waals surface area contributed by atoms with Crippen molar-refractivity contribution in [2.75, 3.05) is 6.61 Å². The summed E-state index contributed by atoms with van der Waals surface area (Å²) in [6.45, 7) is 2.53. The first-order valence-corrected chi connectivity index (χ1v) is 17.5. The highest BCUT2D eigenvalue weighted by atomic mass is 35.5. The molecule has 1 amide bonds. The molecule has 234 valence electrons. The van der Waals surface area contributed by atoms with Crippen LogP contribution in [-0.2, 0) is 17.8 Å². The molecule has 0 spiro atoms. The van der Waals surface area contributed by atoms with E-state index in [0.29, 0.717) is 50.6 Å². The monoisotopic (exact) mass is 693 g/mol. The Hall–Kier alpha value is -1.84. The van der Waals surface area contributed by atoms with Gasteiger partial charge in [0.15, 0.2) is 5.75 Å². The Kier molecular flexibility index (Phi) is 10.1. The molecule has 2 aromatic carbocycles. The lowest BCUT2D eigenvalue weighted by atomic mass is 9.81. The van der Waals surface area contributed by atoms with Gasteiger partial charge >= 0.3 is 0 Å². The fourth-order valence-corrected chi connectivity index (χ4v) is 8.19. The van der Waals surface area contributed by atoms with Crippen LogP contribution < -0.4 is 10.1 Å². The number of hydrogen-bond acceptors (Lipinski definition) is 6. The summed E-state index contributed by atoms with van der Waals surface area (Å²) >= 11 is 27.3. The van der Waals surface area contributed by atoms with Crippen LogP contribution in [0.3, 0.4) is 0 Å². The van der Waals surface area contributed by atoms with E-state index in [1.54, 1.807) is 36.5 Å². The molecule has 1 saturated heterocycles. The van der Waals surface area contributed by atoms with Gasteiger partial charge < -0.3 is 20.1 Å². The van der Waals surface area contributed by atoms with Crippen molar-refractivity contribution in [2.45, 2.75) is 89.1 Å². The van der Waals surface area contributed by atoms with Gasteiger partial charge in [-0.2, -0.15) is 0 Å². The Morgan fingerprint density at radius 3 is 2.64 bits per heavy atom. The molecule has 2 fully saturated rings. The van der Waals surface area contributed by atoms with Crippen LogP contribution in [0.4, 0.5) is 0 Å². The maximum atomic E-state index is 14.4. The summed E-state index contributed by atoms with van der Waals surface area (Å²) in [6, 6.07) is 9.59. The van der Waals surface area contributed by atoms with Gasteiger partial charge in [-0.25, -0.2) is 4.98 Å². The van der Waals surface area contributed by atoms with Gasteiger partial charge in [0, 0.05) is 42.9 Å². The zero-order valence-corrected chi connectivity index (χ0v) is 28.3. The number of ether oxygens (including phenoxy) is 1. The zero-order chi connectivity index (χ0) is 31.0. The van der Waals surface area contributed by atoms with Gasteiger partial charge in [0.1, 0.15) is 0 Å². The summed E-state index contributed by atoms with van der Waals surface area (Å²) in [4.78, 5) is 22.2. The van der Waals surface area contributed by atoms with Gasteiger partial charge in [-0.15, -0.1) is 11.3 Å². The van der Waals surface area contributed by atoms with Crippen molar-refractivity contribution in [1.82, 2.24) is 15.2 Å². The summed E-state index contributed by atoms with van der Waals surface area (Å²) in [7, 11) is 0. The number of hydrogen-bond donors (Lipinski definition) is 2. The molecule has 3 atom stereocenters. The first kappa shape index (κ1) is 32.1. The molecule has 3 heterocycles. The highest BCUT2D eigenvalue weighted by molar-refractivity contribution is 7.12. The molecular formula is C33H35Cl4N3O3S.